The SMILES string of the molecule is COC(=O)c1ccccc1OCCN. The van der Waals surface area contributed by atoms with E-state index in [1.54, 1.807) is 24.3 Å². The summed E-state index contributed by atoms with van der Waals surface area (Å²) in [6.45, 7) is 0.795. The lowest BCUT2D eigenvalue weighted by atomic mass is 10.2. The van der Waals surface area contributed by atoms with Crippen molar-refractivity contribution >= 4 is 5.97 Å². The highest BCUT2D eigenvalue weighted by Crippen LogP contribution is 2.18. The Balaban J connectivity index is 2.85. The smallest absolute Gasteiger partial charge is 0.341 e. The van der Waals surface area contributed by atoms with Crippen LogP contribution in [0.1, 0.15) is 10.4 Å². The number of para-hydroxylation sites is 1. The molecule has 0 fully saturated rings. The van der Waals surface area contributed by atoms with Crippen LogP contribution in [0.4, 0.5) is 0 Å². The molecule has 4 heteroatoms. The van der Waals surface area contributed by atoms with Gasteiger partial charge in [0.25, 0.3) is 0 Å². The predicted molar refractivity (Wildman–Crippen MR) is 52.3 cm³/mol. The first kappa shape index (κ1) is 10.5. The number of methoxy groups -OCH3 is 1. The van der Waals surface area contributed by atoms with Gasteiger partial charge in [-0.3, -0.25) is 0 Å². The van der Waals surface area contributed by atoms with E-state index >= 15 is 0 Å². The molecule has 0 aliphatic carbocycles. The molecular weight excluding hydrogens is 182 g/mol. The summed E-state index contributed by atoms with van der Waals surface area (Å²) in [7, 11) is 1.34. The third-order valence-corrected chi connectivity index (χ3v) is 1.67. The van der Waals surface area contributed by atoms with Gasteiger partial charge in [-0.05, 0) is 12.1 Å². The van der Waals surface area contributed by atoms with E-state index in [0.29, 0.717) is 24.5 Å². The number of rotatable bonds is 4. The van der Waals surface area contributed by atoms with E-state index in [9.17, 15) is 4.79 Å². The number of hydrogen-bond acceptors (Lipinski definition) is 4. The highest BCUT2D eigenvalue weighted by atomic mass is 16.5. The Morgan fingerprint density at radius 3 is 2.79 bits per heavy atom. The van der Waals surface area contributed by atoms with Crippen molar-refractivity contribution in [2.75, 3.05) is 20.3 Å². The molecule has 0 aromatic heterocycles. The van der Waals surface area contributed by atoms with Gasteiger partial charge in [0.1, 0.15) is 17.9 Å². The highest BCUT2D eigenvalue weighted by Gasteiger charge is 2.11. The normalized spacial score (nSPS) is 9.57. The number of carbonyl (C=O) groups is 1. The molecular formula is C10H13NO3. The topological polar surface area (TPSA) is 61.5 Å². The Kier molecular flexibility index (Phi) is 3.94. The van der Waals surface area contributed by atoms with E-state index < -0.39 is 5.97 Å². The van der Waals surface area contributed by atoms with Gasteiger partial charge in [-0.2, -0.15) is 0 Å². The van der Waals surface area contributed by atoms with Crippen LogP contribution in [0.5, 0.6) is 5.75 Å². The third kappa shape index (κ3) is 2.47. The van der Waals surface area contributed by atoms with Gasteiger partial charge in [0.05, 0.1) is 7.11 Å². The van der Waals surface area contributed by atoms with Gasteiger partial charge >= 0.3 is 5.97 Å². The molecule has 1 aromatic carbocycles. The Labute approximate surface area is 82.6 Å². The molecule has 4 nitrogen and oxygen atoms in total. The maximum atomic E-state index is 11.3. The van der Waals surface area contributed by atoms with Crippen LogP contribution in [0.2, 0.25) is 0 Å². The summed E-state index contributed by atoms with van der Waals surface area (Å²) in [5.74, 6) is 0.0995. The molecule has 2 N–H and O–H groups in total. The van der Waals surface area contributed by atoms with Gasteiger partial charge in [-0.25, -0.2) is 4.79 Å². The molecule has 0 bridgehead atoms. The van der Waals surface area contributed by atoms with Crippen LogP contribution in [0.25, 0.3) is 0 Å². The summed E-state index contributed by atoms with van der Waals surface area (Å²) in [5, 5.41) is 0. The number of esters is 1. The minimum atomic E-state index is -0.405. The van der Waals surface area contributed by atoms with Crippen LogP contribution < -0.4 is 10.5 Å². The van der Waals surface area contributed by atoms with Crippen molar-refractivity contribution in [2.45, 2.75) is 0 Å². The molecule has 14 heavy (non-hydrogen) atoms. The van der Waals surface area contributed by atoms with Crippen molar-refractivity contribution in [3.05, 3.63) is 29.8 Å². The van der Waals surface area contributed by atoms with Gasteiger partial charge in [0.15, 0.2) is 0 Å². The quantitative estimate of drug-likeness (QED) is 0.722. The lowest BCUT2D eigenvalue weighted by Crippen LogP contribution is -2.13. The van der Waals surface area contributed by atoms with Crippen molar-refractivity contribution in [3.63, 3.8) is 0 Å². The Bertz CT molecular complexity index is 312. The number of carbonyl (C=O) groups excluding carboxylic acids is 1. The Hall–Kier alpha value is -1.55. The number of benzene rings is 1. The summed E-state index contributed by atoms with van der Waals surface area (Å²) >= 11 is 0. The van der Waals surface area contributed by atoms with Crippen LogP contribution >= 0.6 is 0 Å². The largest absolute Gasteiger partial charge is 0.491 e. The average Bonchev–Trinajstić information content (AvgIpc) is 2.25. The molecule has 76 valence electrons. The molecule has 0 aliphatic heterocycles. The molecule has 0 saturated heterocycles. The summed E-state index contributed by atoms with van der Waals surface area (Å²) in [5.41, 5.74) is 5.71. The molecule has 0 unspecified atom stereocenters. The zero-order chi connectivity index (χ0) is 10.4. The molecule has 0 heterocycles. The van der Waals surface area contributed by atoms with E-state index in [2.05, 4.69) is 4.74 Å². The number of nitrogens with two attached hydrogens (primary N) is 1. The van der Waals surface area contributed by atoms with Crippen molar-refractivity contribution in [2.24, 2.45) is 5.73 Å². The molecule has 0 saturated carbocycles. The van der Waals surface area contributed by atoms with Gasteiger partial charge in [0, 0.05) is 6.54 Å². The van der Waals surface area contributed by atoms with Crippen molar-refractivity contribution in [1.82, 2.24) is 0 Å². The van der Waals surface area contributed by atoms with Crippen molar-refractivity contribution < 1.29 is 14.3 Å². The maximum Gasteiger partial charge on any atom is 0.341 e. The van der Waals surface area contributed by atoms with Gasteiger partial charge in [0.2, 0.25) is 0 Å². The van der Waals surface area contributed by atoms with Crippen LogP contribution in [-0.4, -0.2) is 26.2 Å². The monoisotopic (exact) mass is 195 g/mol. The second-order valence-corrected chi connectivity index (χ2v) is 2.62. The summed E-state index contributed by atoms with van der Waals surface area (Å²) in [4.78, 5) is 11.3. The van der Waals surface area contributed by atoms with E-state index in [-0.39, 0.29) is 0 Å². The van der Waals surface area contributed by atoms with E-state index in [1.165, 1.54) is 7.11 Å². The minimum absolute atomic E-state index is 0.383. The zero-order valence-electron chi connectivity index (χ0n) is 8.03. The van der Waals surface area contributed by atoms with Crippen LogP contribution in [0, 0.1) is 0 Å². The van der Waals surface area contributed by atoms with E-state index in [4.69, 9.17) is 10.5 Å². The molecule has 0 amide bonds. The first-order valence-corrected chi connectivity index (χ1v) is 4.29. The molecule has 0 atom stereocenters. The fourth-order valence-electron chi connectivity index (χ4n) is 1.04. The molecule has 0 aliphatic rings. The van der Waals surface area contributed by atoms with Crippen LogP contribution in [0.15, 0.2) is 24.3 Å². The molecule has 1 aromatic rings. The Morgan fingerprint density at radius 2 is 2.14 bits per heavy atom. The standard InChI is InChI=1S/C10H13NO3/c1-13-10(12)8-4-2-3-5-9(8)14-7-6-11/h2-5H,6-7,11H2,1H3. The van der Waals surface area contributed by atoms with Gasteiger partial charge < -0.3 is 15.2 Å². The molecule has 0 spiro atoms. The van der Waals surface area contributed by atoms with Crippen LogP contribution in [-0.2, 0) is 4.74 Å². The molecule has 1 rings (SSSR count). The summed E-state index contributed by atoms with van der Waals surface area (Å²) in [6, 6.07) is 6.90. The maximum absolute atomic E-state index is 11.3. The first-order valence-electron chi connectivity index (χ1n) is 4.29. The van der Waals surface area contributed by atoms with Gasteiger partial charge in [-0.15, -0.1) is 0 Å². The summed E-state index contributed by atoms with van der Waals surface area (Å²) < 4.78 is 9.89. The van der Waals surface area contributed by atoms with Crippen molar-refractivity contribution in [1.29, 1.82) is 0 Å². The minimum Gasteiger partial charge on any atom is -0.491 e. The van der Waals surface area contributed by atoms with Crippen LogP contribution in [0.3, 0.4) is 0 Å². The first-order chi connectivity index (χ1) is 6.79. The van der Waals surface area contributed by atoms with E-state index in [1.807, 2.05) is 0 Å². The average molecular weight is 195 g/mol. The number of hydrogen-bond donors (Lipinski definition) is 1. The fraction of sp³-hybridized carbons (Fsp3) is 0.300. The van der Waals surface area contributed by atoms with E-state index in [0.717, 1.165) is 0 Å². The lowest BCUT2D eigenvalue weighted by molar-refractivity contribution is 0.0596. The third-order valence-electron chi connectivity index (χ3n) is 1.67. The fourth-order valence-corrected chi connectivity index (χ4v) is 1.04. The van der Waals surface area contributed by atoms with Crippen molar-refractivity contribution in [3.8, 4) is 5.75 Å². The number of ether oxygens (including phenoxy) is 2. The lowest BCUT2D eigenvalue weighted by Gasteiger charge is -2.08. The second kappa shape index (κ2) is 5.24. The zero-order valence-corrected chi connectivity index (χ0v) is 8.03. The second-order valence-electron chi connectivity index (χ2n) is 2.62. The van der Waals surface area contributed by atoms with Gasteiger partial charge in [-0.1, -0.05) is 12.1 Å². The predicted octanol–water partition coefficient (Wildman–Crippen LogP) is 0.811. The Morgan fingerprint density at radius 1 is 1.43 bits per heavy atom. The molecule has 0 radical (unpaired) electrons. The summed E-state index contributed by atoms with van der Waals surface area (Å²) in [6.07, 6.45) is 0. The highest BCUT2D eigenvalue weighted by molar-refractivity contribution is 5.92.